The molecule has 2 aliphatic rings. The van der Waals surface area contributed by atoms with Gasteiger partial charge in [-0.2, -0.15) is 13.2 Å². The molecule has 92 valence electrons. The molecule has 2 atom stereocenters. The zero-order chi connectivity index (χ0) is 12.0. The van der Waals surface area contributed by atoms with Gasteiger partial charge in [-0.25, -0.2) is 4.98 Å². The predicted molar refractivity (Wildman–Crippen MR) is 57.7 cm³/mol. The molecular formula is C12H13F3N2. The van der Waals surface area contributed by atoms with E-state index in [9.17, 15) is 13.2 Å². The van der Waals surface area contributed by atoms with Crippen LogP contribution in [0.2, 0.25) is 0 Å². The van der Waals surface area contributed by atoms with Gasteiger partial charge in [-0.15, -0.1) is 0 Å². The quantitative estimate of drug-likeness (QED) is 0.752. The van der Waals surface area contributed by atoms with E-state index in [-0.39, 0.29) is 0 Å². The lowest BCUT2D eigenvalue weighted by Gasteiger charge is -2.28. The second-order valence-electron chi connectivity index (χ2n) is 4.89. The molecule has 3 rings (SSSR count). The third-order valence-corrected chi connectivity index (χ3v) is 3.78. The molecule has 1 saturated heterocycles. The summed E-state index contributed by atoms with van der Waals surface area (Å²) in [5.41, 5.74) is -0.675. The minimum absolute atomic E-state index is 0.490. The summed E-state index contributed by atoms with van der Waals surface area (Å²) >= 11 is 0. The van der Waals surface area contributed by atoms with E-state index in [0.717, 1.165) is 25.2 Å². The fourth-order valence-corrected chi connectivity index (χ4v) is 2.93. The molecule has 1 saturated carbocycles. The minimum atomic E-state index is -4.30. The first-order valence-corrected chi connectivity index (χ1v) is 5.84. The highest BCUT2D eigenvalue weighted by Crippen LogP contribution is 2.39. The van der Waals surface area contributed by atoms with Gasteiger partial charge in [-0.1, -0.05) is 0 Å². The number of hydrogen-bond donors (Lipinski definition) is 0. The first kappa shape index (κ1) is 10.9. The van der Waals surface area contributed by atoms with Crippen LogP contribution in [0, 0.1) is 5.92 Å². The van der Waals surface area contributed by atoms with E-state index < -0.39 is 11.7 Å². The number of pyridine rings is 1. The van der Waals surface area contributed by atoms with Crippen LogP contribution in [0.5, 0.6) is 0 Å². The predicted octanol–water partition coefficient (Wildman–Crippen LogP) is 3.09. The molecule has 17 heavy (non-hydrogen) atoms. The molecule has 0 aromatic carbocycles. The number of nitrogens with zero attached hydrogens (tertiary/aromatic N) is 2. The smallest absolute Gasteiger partial charge is 0.353 e. The van der Waals surface area contributed by atoms with E-state index in [1.165, 1.54) is 18.9 Å². The molecule has 0 spiro atoms. The van der Waals surface area contributed by atoms with Crippen LogP contribution in [0.4, 0.5) is 19.0 Å². The first-order chi connectivity index (χ1) is 8.04. The lowest BCUT2D eigenvalue weighted by molar-refractivity contribution is -0.137. The highest BCUT2D eigenvalue weighted by Gasteiger charge is 2.38. The Morgan fingerprint density at radius 1 is 1.24 bits per heavy atom. The summed E-state index contributed by atoms with van der Waals surface area (Å²) in [6.45, 7) is 0.947. The molecule has 1 aromatic heterocycles. The number of alkyl halides is 3. The van der Waals surface area contributed by atoms with Gasteiger partial charge >= 0.3 is 6.18 Å². The number of fused-ring (bicyclic) bond motifs is 2. The molecule has 0 radical (unpaired) electrons. The fraction of sp³-hybridized carbons (Fsp3) is 0.583. The lowest BCUT2D eigenvalue weighted by atomic mass is 10.1. The zero-order valence-corrected chi connectivity index (χ0v) is 9.24. The molecule has 5 heteroatoms. The lowest BCUT2D eigenvalue weighted by Crippen LogP contribution is -2.32. The molecule has 0 unspecified atom stereocenters. The van der Waals surface area contributed by atoms with Crippen molar-refractivity contribution in [1.29, 1.82) is 0 Å². The molecule has 0 amide bonds. The maximum atomic E-state index is 12.4. The number of anilines is 1. The van der Waals surface area contributed by atoms with Gasteiger partial charge in [0.15, 0.2) is 0 Å². The molecule has 1 aromatic rings. The molecule has 2 nitrogen and oxygen atoms in total. The summed E-state index contributed by atoms with van der Waals surface area (Å²) in [5.74, 6) is 1.40. The Morgan fingerprint density at radius 2 is 2.06 bits per heavy atom. The normalized spacial score (nSPS) is 27.8. The Balaban J connectivity index is 1.81. The summed E-state index contributed by atoms with van der Waals surface area (Å²) in [5, 5.41) is 0. The monoisotopic (exact) mass is 242 g/mol. The van der Waals surface area contributed by atoms with Crippen molar-refractivity contribution in [2.75, 3.05) is 11.4 Å². The number of hydrogen-bond acceptors (Lipinski definition) is 2. The van der Waals surface area contributed by atoms with E-state index in [1.54, 1.807) is 0 Å². The number of halogens is 3. The van der Waals surface area contributed by atoms with Crippen LogP contribution in [0.25, 0.3) is 0 Å². The Morgan fingerprint density at radius 3 is 2.53 bits per heavy atom. The Kier molecular flexibility index (Phi) is 2.31. The van der Waals surface area contributed by atoms with Gasteiger partial charge in [0.25, 0.3) is 0 Å². The van der Waals surface area contributed by atoms with Gasteiger partial charge < -0.3 is 4.90 Å². The van der Waals surface area contributed by atoms with E-state index in [2.05, 4.69) is 9.88 Å². The fourth-order valence-electron chi connectivity index (χ4n) is 2.93. The second-order valence-corrected chi connectivity index (χ2v) is 4.89. The number of rotatable bonds is 1. The van der Waals surface area contributed by atoms with Crippen molar-refractivity contribution in [2.45, 2.75) is 31.5 Å². The number of piperidine rings is 1. The van der Waals surface area contributed by atoms with Crippen molar-refractivity contribution in [3.63, 3.8) is 0 Å². The molecule has 2 heterocycles. The van der Waals surface area contributed by atoms with Gasteiger partial charge in [0.2, 0.25) is 0 Å². The molecule has 1 aliphatic carbocycles. The second kappa shape index (κ2) is 3.62. The summed E-state index contributed by atoms with van der Waals surface area (Å²) < 4.78 is 37.2. The Labute approximate surface area is 97.5 Å². The molecule has 1 aliphatic heterocycles. The third-order valence-electron chi connectivity index (χ3n) is 3.78. The molecule has 2 fully saturated rings. The average molecular weight is 242 g/mol. The maximum absolute atomic E-state index is 12.4. The zero-order valence-electron chi connectivity index (χ0n) is 9.24. The van der Waals surface area contributed by atoms with Crippen molar-refractivity contribution in [3.8, 4) is 0 Å². The Hall–Kier alpha value is -1.26. The van der Waals surface area contributed by atoms with Crippen LogP contribution in [-0.4, -0.2) is 17.6 Å². The van der Waals surface area contributed by atoms with Crippen LogP contribution in [0.1, 0.15) is 24.8 Å². The number of aromatic nitrogens is 1. The van der Waals surface area contributed by atoms with Crippen molar-refractivity contribution < 1.29 is 13.2 Å². The molecule has 2 bridgehead atoms. The highest BCUT2D eigenvalue weighted by molar-refractivity contribution is 5.43. The van der Waals surface area contributed by atoms with E-state index in [0.29, 0.717) is 17.8 Å². The minimum Gasteiger partial charge on any atom is -0.353 e. The van der Waals surface area contributed by atoms with Gasteiger partial charge in [-0.05, 0) is 37.3 Å². The molecule has 0 N–H and O–H groups in total. The van der Waals surface area contributed by atoms with Crippen LogP contribution < -0.4 is 4.90 Å². The molecular weight excluding hydrogens is 229 g/mol. The third kappa shape index (κ3) is 1.87. The van der Waals surface area contributed by atoms with Crippen LogP contribution >= 0.6 is 0 Å². The largest absolute Gasteiger partial charge is 0.417 e. The van der Waals surface area contributed by atoms with Gasteiger partial charge in [0.1, 0.15) is 5.82 Å². The topological polar surface area (TPSA) is 16.1 Å². The first-order valence-electron chi connectivity index (χ1n) is 5.84. The SMILES string of the molecule is FC(F)(F)c1ccc(N2C[C@@H]3CC[C@H]2C3)nc1. The standard InChI is InChI=1S/C12H13F3N2/c13-12(14,15)9-2-4-11(16-6-9)17-7-8-1-3-10(17)5-8/h2,4,6,8,10H,1,3,5,7H2/t8-,10+/m1/s1. The van der Waals surface area contributed by atoms with Crippen LogP contribution in [-0.2, 0) is 6.18 Å². The summed E-state index contributed by atoms with van der Waals surface area (Å²) in [6, 6.07) is 3.10. The average Bonchev–Trinajstić information content (AvgIpc) is 2.89. The van der Waals surface area contributed by atoms with E-state index in [1.807, 2.05) is 0 Å². The highest BCUT2D eigenvalue weighted by atomic mass is 19.4. The van der Waals surface area contributed by atoms with Crippen molar-refractivity contribution >= 4 is 5.82 Å². The van der Waals surface area contributed by atoms with Gasteiger partial charge in [0, 0.05) is 18.8 Å². The van der Waals surface area contributed by atoms with E-state index in [4.69, 9.17) is 0 Å². The van der Waals surface area contributed by atoms with Crippen LogP contribution in [0.15, 0.2) is 18.3 Å². The summed E-state index contributed by atoms with van der Waals surface area (Å²) in [4.78, 5) is 6.10. The van der Waals surface area contributed by atoms with Crippen molar-refractivity contribution in [2.24, 2.45) is 5.92 Å². The summed E-state index contributed by atoms with van der Waals surface area (Å²) in [7, 11) is 0. The van der Waals surface area contributed by atoms with Crippen molar-refractivity contribution in [3.05, 3.63) is 23.9 Å². The van der Waals surface area contributed by atoms with Gasteiger partial charge in [0.05, 0.1) is 5.56 Å². The van der Waals surface area contributed by atoms with Gasteiger partial charge in [-0.3, -0.25) is 0 Å². The van der Waals surface area contributed by atoms with E-state index >= 15 is 0 Å². The maximum Gasteiger partial charge on any atom is 0.417 e. The Bertz CT molecular complexity index is 413. The van der Waals surface area contributed by atoms with Crippen LogP contribution in [0.3, 0.4) is 0 Å². The van der Waals surface area contributed by atoms with Crippen molar-refractivity contribution in [1.82, 2.24) is 4.98 Å². The summed E-state index contributed by atoms with van der Waals surface area (Å²) in [6.07, 6.45) is 0.203.